The van der Waals surface area contributed by atoms with Crippen LogP contribution in [0.1, 0.15) is 16.8 Å². The van der Waals surface area contributed by atoms with E-state index in [9.17, 15) is 5.11 Å². The lowest BCUT2D eigenvalue weighted by Crippen LogP contribution is -2.38. The Labute approximate surface area is 189 Å². The van der Waals surface area contributed by atoms with Crippen LogP contribution < -0.4 is 9.64 Å². The highest BCUT2D eigenvalue weighted by Crippen LogP contribution is 2.23. The molecule has 8 heteroatoms. The van der Waals surface area contributed by atoms with Crippen LogP contribution in [-0.2, 0) is 16.0 Å². The van der Waals surface area contributed by atoms with E-state index in [4.69, 9.17) is 14.2 Å². The largest absolute Gasteiger partial charge is 0.507 e. The molecule has 172 valence electrons. The van der Waals surface area contributed by atoms with Crippen molar-refractivity contribution in [1.82, 2.24) is 9.88 Å². The molecule has 32 heavy (non-hydrogen) atoms. The Morgan fingerprint density at radius 3 is 2.59 bits per heavy atom. The van der Waals surface area contributed by atoms with Gasteiger partial charge in [0.2, 0.25) is 5.88 Å². The number of anilines is 1. The van der Waals surface area contributed by atoms with Gasteiger partial charge < -0.3 is 24.2 Å². The van der Waals surface area contributed by atoms with E-state index in [1.807, 2.05) is 25.1 Å². The number of aryl methyl sites for hydroxylation is 1. The summed E-state index contributed by atoms with van der Waals surface area (Å²) in [5, 5.41) is 10.0. The molecule has 4 rings (SSSR count). The summed E-state index contributed by atoms with van der Waals surface area (Å²) in [6.45, 7) is 10.4. The molecule has 2 fully saturated rings. The van der Waals surface area contributed by atoms with E-state index in [1.165, 1.54) is 0 Å². The highest BCUT2D eigenvalue weighted by molar-refractivity contribution is 5.83. The van der Waals surface area contributed by atoms with Crippen LogP contribution in [-0.4, -0.2) is 87.0 Å². The Morgan fingerprint density at radius 2 is 1.81 bits per heavy atom. The Kier molecular flexibility index (Phi) is 7.92. The number of morpholine rings is 2. The zero-order valence-electron chi connectivity index (χ0n) is 18.7. The van der Waals surface area contributed by atoms with Crippen molar-refractivity contribution in [3.63, 3.8) is 0 Å². The average Bonchev–Trinajstić information content (AvgIpc) is 2.82. The second kappa shape index (κ2) is 11.3. The highest BCUT2D eigenvalue weighted by Gasteiger charge is 2.15. The van der Waals surface area contributed by atoms with Crippen molar-refractivity contribution in [3.05, 3.63) is 47.2 Å². The summed E-state index contributed by atoms with van der Waals surface area (Å²) >= 11 is 0. The Hall–Kier alpha value is -2.68. The average molecular weight is 441 g/mol. The summed E-state index contributed by atoms with van der Waals surface area (Å²) in [4.78, 5) is 13.8. The fourth-order valence-electron chi connectivity index (χ4n) is 3.82. The molecule has 0 unspecified atom stereocenters. The number of aromatic nitrogens is 1. The molecular weight excluding hydrogens is 408 g/mol. The summed E-state index contributed by atoms with van der Waals surface area (Å²) in [5.74, 6) is 0.840. The molecule has 0 radical (unpaired) electrons. The van der Waals surface area contributed by atoms with Gasteiger partial charge in [0.05, 0.1) is 38.7 Å². The molecule has 0 amide bonds. The fraction of sp³-hybridized carbons (Fsp3) is 0.500. The second-order valence-electron chi connectivity index (χ2n) is 8.09. The lowest BCUT2D eigenvalue weighted by Gasteiger charge is -2.29. The van der Waals surface area contributed by atoms with Gasteiger partial charge in [0, 0.05) is 56.3 Å². The van der Waals surface area contributed by atoms with Gasteiger partial charge in [-0.25, -0.2) is 4.98 Å². The minimum absolute atomic E-state index is 0.224. The molecule has 0 aliphatic carbocycles. The monoisotopic (exact) mass is 440 g/mol. The maximum absolute atomic E-state index is 10.0. The zero-order valence-corrected chi connectivity index (χ0v) is 18.7. The fourth-order valence-corrected chi connectivity index (χ4v) is 3.82. The van der Waals surface area contributed by atoms with Crippen LogP contribution in [0.2, 0.25) is 0 Å². The van der Waals surface area contributed by atoms with Gasteiger partial charge in [-0.05, 0) is 25.1 Å². The number of phenolic OH excluding ortho intramolecular Hbond substituents is 1. The summed E-state index contributed by atoms with van der Waals surface area (Å²) < 4.78 is 16.9. The minimum atomic E-state index is 0.224. The highest BCUT2D eigenvalue weighted by atomic mass is 16.5. The molecule has 1 aromatic carbocycles. The number of benzene rings is 1. The van der Waals surface area contributed by atoms with Crippen LogP contribution in [0.25, 0.3) is 0 Å². The van der Waals surface area contributed by atoms with Crippen molar-refractivity contribution in [1.29, 1.82) is 0 Å². The number of rotatable bonds is 8. The molecule has 2 saturated heterocycles. The first-order chi connectivity index (χ1) is 15.7. The van der Waals surface area contributed by atoms with Crippen molar-refractivity contribution >= 4 is 11.9 Å². The number of aliphatic imine (C=N–C) groups is 1. The smallest absolute Gasteiger partial charge is 0.215 e. The molecule has 2 aliphatic rings. The summed E-state index contributed by atoms with van der Waals surface area (Å²) in [6.07, 6.45) is 1.70. The van der Waals surface area contributed by atoms with E-state index >= 15 is 0 Å². The third-order valence-corrected chi connectivity index (χ3v) is 5.64. The molecule has 0 spiro atoms. The summed E-state index contributed by atoms with van der Waals surface area (Å²) in [7, 11) is 0. The third-order valence-electron chi connectivity index (χ3n) is 5.64. The van der Waals surface area contributed by atoms with Crippen molar-refractivity contribution in [2.75, 3.05) is 70.7 Å². The van der Waals surface area contributed by atoms with Crippen LogP contribution in [0, 0.1) is 6.92 Å². The second-order valence-corrected chi connectivity index (χ2v) is 8.09. The van der Waals surface area contributed by atoms with Gasteiger partial charge in [0.15, 0.2) is 0 Å². The first kappa shape index (κ1) is 22.5. The van der Waals surface area contributed by atoms with Crippen LogP contribution in [0.4, 0.5) is 5.69 Å². The quantitative estimate of drug-likeness (QED) is 0.631. The number of hydrogen-bond donors (Lipinski definition) is 1. The lowest BCUT2D eigenvalue weighted by molar-refractivity contribution is 0.0320. The van der Waals surface area contributed by atoms with Crippen LogP contribution in [0.15, 0.2) is 35.3 Å². The number of aromatic hydroxyl groups is 1. The normalized spacial score (nSPS) is 17.7. The van der Waals surface area contributed by atoms with E-state index in [2.05, 4.69) is 25.8 Å². The van der Waals surface area contributed by atoms with Crippen LogP contribution in [0.3, 0.4) is 0 Å². The maximum atomic E-state index is 10.0. The Balaban J connectivity index is 1.44. The van der Waals surface area contributed by atoms with Crippen molar-refractivity contribution in [2.45, 2.75) is 13.5 Å². The van der Waals surface area contributed by atoms with Crippen LogP contribution >= 0.6 is 0 Å². The Bertz CT molecular complexity index is 909. The topological polar surface area (TPSA) is 79.7 Å². The summed E-state index contributed by atoms with van der Waals surface area (Å²) in [5.41, 5.74) is 3.69. The first-order valence-electron chi connectivity index (χ1n) is 11.2. The molecule has 0 bridgehead atoms. The SMILES string of the molecule is Cc1ccc(O)c(C=NCc2cc(N3CCOCC3)cc(OCCN3CCOCC3)n2)c1. The number of nitrogens with zero attached hydrogens (tertiary/aromatic N) is 4. The zero-order chi connectivity index (χ0) is 22.2. The molecule has 1 N–H and O–H groups in total. The van der Waals surface area contributed by atoms with Crippen molar-refractivity contribution in [2.24, 2.45) is 4.99 Å². The van der Waals surface area contributed by atoms with Crippen molar-refractivity contribution < 1.29 is 19.3 Å². The van der Waals surface area contributed by atoms with Gasteiger partial charge in [-0.15, -0.1) is 0 Å². The van der Waals surface area contributed by atoms with E-state index in [1.54, 1.807) is 12.3 Å². The van der Waals surface area contributed by atoms with E-state index in [0.29, 0.717) is 24.6 Å². The molecule has 8 nitrogen and oxygen atoms in total. The number of phenols is 1. The van der Waals surface area contributed by atoms with Crippen molar-refractivity contribution in [3.8, 4) is 11.6 Å². The number of pyridine rings is 1. The number of hydrogen-bond acceptors (Lipinski definition) is 8. The van der Waals surface area contributed by atoms with Gasteiger partial charge in [-0.3, -0.25) is 9.89 Å². The number of ether oxygens (including phenoxy) is 3. The van der Waals surface area contributed by atoms with Gasteiger partial charge in [0.25, 0.3) is 0 Å². The predicted molar refractivity (Wildman–Crippen MR) is 124 cm³/mol. The maximum Gasteiger partial charge on any atom is 0.215 e. The molecule has 0 saturated carbocycles. The molecular formula is C24H32N4O4. The van der Waals surface area contributed by atoms with E-state index in [-0.39, 0.29) is 5.75 Å². The van der Waals surface area contributed by atoms with Gasteiger partial charge in [-0.2, -0.15) is 0 Å². The molecule has 2 aromatic rings. The van der Waals surface area contributed by atoms with E-state index < -0.39 is 0 Å². The predicted octanol–water partition coefficient (Wildman–Crippen LogP) is 2.26. The van der Waals surface area contributed by atoms with Crippen LogP contribution in [0.5, 0.6) is 11.6 Å². The molecule has 3 heterocycles. The third kappa shape index (κ3) is 6.41. The first-order valence-corrected chi connectivity index (χ1v) is 11.2. The Morgan fingerprint density at radius 1 is 1.06 bits per heavy atom. The molecule has 2 aliphatic heterocycles. The lowest BCUT2D eigenvalue weighted by atomic mass is 10.1. The molecule has 0 atom stereocenters. The van der Waals surface area contributed by atoms with E-state index in [0.717, 1.165) is 76.1 Å². The van der Waals surface area contributed by atoms with Gasteiger partial charge in [0.1, 0.15) is 12.4 Å². The van der Waals surface area contributed by atoms with Gasteiger partial charge >= 0.3 is 0 Å². The summed E-state index contributed by atoms with van der Waals surface area (Å²) in [6, 6.07) is 9.55. The standard InChI is InChI=1S/C24H32N4O4/c1-19-2-3-23(29)20(14-19)17-25-18-21-15-22(28-7-11-31-12-8-28)16-24(26-21)32-13-6-27-4-9-30-10-5-27/h2-3,14-17,29H,4-13,18H2,1H3. The minimum Gasteiger partial charge on any atom is -0.507 e. The molecule has 1 aromatic heterocycles. The van der Waals surface area contributed by atoms with Gasteiger partial charge in [-0.1, -0.05) is 11.6 Å².